The van der Waals surface area contributed by atoms with Crippen molar-refractivity contribution in [2.75, 3.05) is 0 Å². The highest BCUT2D eigenvalue weighted by Crippen LogP contribution is 2.38. The average Bonchev–Trinajstić information content (AvgIpc) is 2.92. The fraction of sp³-hybridized carbons (Fsp3) is 0.182. The van der Waals surface area contributed by atoms with E-state index in [0.717, 1.165) is 27.0 Å². The molecule has 120 valence electrons. The number of hydrogen-bond donors (Lipinski definition) is 0. The van der Waals surface area contributed by atoms with E-state index < -0.39 is 0 Å². The standard InChI is InChI=1S/C22H19ClO/c1-22(2,3)15-9-7-14(8-10-15)17-5-4-6-20-21(17)18-13-16(23)11-12-19(18)24-20/h4-13H,1-3H3. The molecule has 0 atom stereocenters. The van der Waals surface area contributed by atoms with Crippen molar-refractivity contribution >= 4 is 33.5 Å². The molecule has 0 unspecified atom stereocenters. The molecule has 4 rings (SSSR count). The van der Waals surface area contributed by atoms with Crippen LogP contribution in [0.25, 0.3) is 33.1 Å². The van der Waals surface area contributed by atoms with Crippen LogP contribution >= 0.6 is 11.6 Å². The average molecular weight is 335 g/mol. The molecule has 1 heterocycles. The van der Waals surface area contributed by atoms with Crippen LogP contribution in [0, 0.1) is 0 Å². The molecule has 0 aliphatic rings. The summed E-state index contributed by atoms with van der Waals surface area (Å²) in [6.45, 7) is 6.69. The fourth-order valence-corrected chi connectivity index (χ4v) is 3.36. The van der Waals surface area contributed by atoms with Gasteiger partial charge in [0.15, 0.2) is 0 Å². The molecule has 0 aliphatic carbocycles. The Balaban J connectivity index is 1.96. The molecule has 0 saturated carbocycles. The van der Waals surface area contributed by atoms with Crippen LogP contribution in [0.15, 0.2) is 65.1 Å². The van der Waals surface area contributed by atoms with Crippen molar-refractivity contribution < 1.29 is 4.42 Å². The van der Waals surface area contributed by atoms with Crippen LogP contribution < -0.4 is 0 Å². The van der Waals surface area contributed by atoms with Gasteiger partial charge in [-0.05, 0) is 46.4 Å². The van der Waals surface area contributed by atoms with Crippen molar-refractivity contribution in [2.45, 2.75) is 26.2 Å². The first kappa shape index (κ1) is 15.3. The normalized spacial score (nSPS) is 12.2. The summed E-state index contributed by atoms with van der Waals surface area (Å²) in [7, 11) is 0. The quantitative estimate of drug-likeness (QED) is 0.358. The number of furan rings is 1. The van der Waals surface area contributed by atoms with Crippen LogP contribution in [-0.2, 0) is 5.41 Å². The van der Waals surface area contributed by atoms with Gasteiger partial charge >= 0.3 is 0 Å². The van der Waals surface area contributed by atoms with Gasteiger partial charge in [-0.3, -0.25) is 0 Å². The van der Waals surface area contributed by atoms with Gasteiger partial charge < -0.3 is 4.42 Å². The lowest BCUT2D eigenvalue weighted by atomic mass is 9.86. The van der Waals surface area contributed by atoms with E-state index in [0.29, 0.717) is 0 Å². The number of rotatable bonds is 1. The SMILES string of the molecule is CC(C)(C)c1ccc(-c2cccc3oc4ccc(Cl)cc4c23)cc1. The van der Waals surface area contributed by atoms with Gasteiger partial charge in [0.1, 0.15) is 11.2 Å². The van der Waals surface area contributed by atoms with Crippen molar-refractivity contribution in [3.8, 4) is 11.1 Å². The maximum atomic E-state index is 6.20. The van der Waals surface area contributed by atoms with E-state index in [1.165, 1.54) is 16.7 Å². The number of hydrogen-bond acceptors (Lipinski definition) is 1. The van der Waals surface area contributed by atoms with Crippen LogP contribution in [0.2, 0.25) is 5.02 Å². The van der Waals surface area contributed by atoms with Gasteiger partial charge in [-0.1, -0.05) is 68.8 Å². The highest BCUT2D eigenvalue weighted by atomic mass is 35.5. The van der Waals surface area contributed by atoms with Gasteiger partial charge in [0, 0.05) is 15.8 Å². The second kappa shape index (κ2) is 5.39. The zero-order chi connectivity index (χ0) is 16.9. The van der Waals surface area contributed by atoms with E-state index in [9.17, 15) is 0 Å². The first-order valence-corrected chi connectivity index (χ1v) is 8.53. The summed E-state index contributed by atoms with van der Waals surface area (Å²) in [5, 5.41) is 2.91. The summed E-state index contributed by atoms with van der Waals surface area (Å²) in [6.07, 6.45) is 0. The smallest absolute Gasteiger partial charge is 0.136 e. The van der Waals surface area contributed by atoms with E-state index in [2.05, 4.69) is 51.1 Å². The monoisotopic (exact) mass is 334 g/mol. The van der Waals surface area contributed by atoms with Gasteiger partial charge in [0.05, 0.1) is 0 Å². The number of halogens is 1. The molecule has 2 heteroatoms. The summed E-state index contributed by atoms with van der Waals surface area (Å²) in [4.78, 5) is 0. The Bertz CT molecular complexity index is 1030. The van der Waals surface area contributed by atoms with E-state index in [4.69, 9.17) is 16.0 Å². The Morgan fingerprint density at radius 1 is 0.833 bits per heavy atom. The second-order valence-electron chi connectivity index (χ2n) is 7.25. The van der Waals surface area contributed by atoms with E-state index in [1.807, 2.05) is 30.3 Å². The summed E-state index contributed by atoms with van der Waals surface area (Å²) in [5.74, 6) is 0. The Morgan fingerprint density at radius 3 is 2.29 bits per heavy atom. The van der Waals surface area contributed by atoms with Gasteiger partial charge in [-0.25, -0.2) is 0 Å². The Morgan fingerprint density at radius 2 is 1.58 bits per heavy atom. The van der Waals surface area contributed by atoms with Crippen molar-refractivity contribution in [3.05, 3.63) is 71.2 Å². The summed E-state index contributed by atoms with van der Waals surface area (Å²) >= 11 is 6.20. The van der Waals surface area contributed by atoms with Crippen LogP contribution in [0.4, 0.5) is 0 Å². The third kappa shape index (κ3) is 2.50. The second-order valence-corrected chi connectivity index (χ2v) is 7.69. The summed E-state index contributed by atoms with van der Waals surface area (Å²) in [5.41, 5.74) is 5.61. The topological polar surface area (TPSA) is 13.1 Å². The molecular formula is C22H19ClO. The molecule has 0 spiro atoms. The van der Waals surface area contributed by atoms with Crippen molar-refractivity contribution in [2.24, 2.45) is 0 Å². The maximum absolute atomic E-state index is 6.20. The first-order chi connectivity index (χ1) is 11.4. The lowest BCUT2D eigenvalue weighted by Crippen LogP contribution is -2.10. The minimum absolute atomic E-state index is 0.153. The summed E-state index contributed by atoms with van der Waals surface area (Å²) in [6, 6.07) is 20.8. The first-order valence-electron chi connectivity index (χ1n) is 8.15. The Labute approximate surface area is 146 Å². The van der Waals surface area contributed by atoms with Gasteiger partial charge in [0.2, 0.25) is 0 Å². The molecule has 0 bridgehead atoms. The predicted molar refractivity (Wildman–Crippen MR) is 103 cm³/mol. The molecule has 4 aromatic rings. The Hall–Kier alpha value is -2.25. The predicted octanol–water partition coefficient (Wildman–Crippen LogP) is 7.20. The van der Waals surface area contributed by atoms with Gasteiger partial charge in [-0.2, -0.15) is 0 Å². The van der Waals surface area contributed by atoms with E-state index in [1.54, 1.807) is 0 Å². The fourth-order valence-electron chi connectivity index (χ4n) is 3.19. The molecule has 0 saturated heterocycles. The lowest BCUT2D eigenvalue weighted by Gasteiger charge is -2.19. The molecule has 0 N–H and O–H groups in total. The third-order valence-corrected chi connectivity index (χ3v) is 4.75. The molecule has 1 aromatic heterocycles. The van der Waals surface area contributed by atoms with E-state index in [-0.39, 0.29) is 5.41 Å². The molecule has 0 radical (unpaired) electrons. The largest absolute Gasteiger partial charge is 0.456 e. The molecule has 24 heavy (non-hydrogen) atoms. The third-order valence-electron chi connectivity index (χ3n) is 4.52. The molecule has 0 fully saturated rings. The highest BCUT2D eigenvalue weighted by molar-refractivity contribution is 6.32. The minimum Gasteiger partial charge on any atom is -0.456 e. The molecule has 1 nitrogen and oxygen atoms in total. The highest BCUT2D eigenvalue weighted by Gasteiger charge is 2.15. The maximum Gasteiger partial charge on any atom is 0.136 e. The van der Waals surface area contributed by atoms with Crippen molar-refractivity contribution in [1.82, 2.24) is 0 Å². The van der Waals surface area contributed by atoms with E-state index >= 15 is 0 Å². The summed E-state index contributed by atoms with van der Waals surface area (Å²) < 4.78 is 5.99. The molecular weight excluding hydrogens is 316 g/mol. The number of benzene rings is 3. The Kier molecular flexibility index (Phi) is 3.43. The van der Waals surface area contributed by atoms with Crippen LogP contribution in [-0.4, -0.2) is 0 Å². The minimum atomic E-state index is 0.153. The van der Waals surface area contributed by atoms with Crippen LogP contribution in [0.5, 0.6) is 0 Å². The molecule has 0 amide bonds. The lowest BCUT2D eigenvalue weighted by molar-refractivity contribution is 0.590. The molecule has 0 aliphatic heterocycles. The van der Waals surface area contributed by atoms with Gasteiger partial charge in [0.25, 0.3) is 0 Å². The van der Waals surface area contributed by atoms with Crippen LogP contribution in [0.3, 0.4) is 0 Å². The van der Waals surface area contributed by atoms with Crippen molar-refractivity contribution in [1.29, 1.82) is 0 Å². The van der Waals surface area contributed by atoms with Crippen molar-refractivity contribution in [3.63, 3.8) is 0 Å². The number of fused-ring (bicyclic) bond motifs is 3. The molecule has 3 aromatic carbocycles. The van der Waals surface area contributed by atoms with Crippen LogP contribution in [0.1, 0.15) is 26.3 Å². The zero-order valence-electron chi connectivity index (χ0n) is 14.1. The van der Waals surface area contributed by atoms with Gasteiger partial charge in [-0.15, -0.1) is 0 Å². The zero-order valence-corrected chi connectivity index (χ0v) is 14.8.